The lowest BCUT2D eigenvalue weighted by Crippen LogP contribution is -2.02. The molecule has 0 amide bonds. The Morgan fingerprint density at radius 1 is 1.41 bits per heavy atom. The zero-order valence-electron chi connectivity index (χ0n) is 9.40. The third-order valence-corrected chi connectivity index (χ3v) is 3.50. The summed E-state index contributed by atoms with van der Waals surface area (Å²) in [5.74, 6) is 0.554. The Morgan fingerprint density at radius 2 is 2.24 bits per heavy atom. The molecule has 0 fully saturated rings. The van der Waals surface area contributed by atoms with E-state index in [1.807, 2.05) is 19.1 Å². The summed E-state index contributed by atoms with van der Waals surface area (Å²) in [5.41, 5.74) is 7.55. The van der Waals surface area contributed by atoms with Crippen molar-refractivity contribution >= 4 is 34.3 Å². The number of rotatable bonds is 4. The summed E-state index contributed by atoms with van der Waals surface area (Å²) in [5, 5.41) is 10.9. The van der Waals surface area contributed by atoms with E-state index < -0.39 is 0 Å². The van der Waals surface area contributed by atoms with Crippen LogP contribution < -0.4 is 11.1 Å². The summed E-state index contributed by atoms with van der Waals surface area (Å²) in [6.45, 7) is 2.55. The molecule has 2 aromatic rings. The molecule has 2 rings (SSSR count). The van der Waals surface area contributed by atoms with Gasteiger partial charge in [-0.25, -0.2) is 0 Å². The first-order chi connectivity index (χ1) is 8.20. The van der Waals surface area contributed by atoms with Crippen LogP contribution in [0.2, 0.25) is 0 Å². The quantitative estimate of drug-likeness (QED) is 0.832. The highest BCUT2D eigenvalue weighted by molar-refractivity contribution is 14.1. The van der Waals surface area contributed by atoms with E-state index in [-0.39, 0.29) is 0 Å². The molecule has 0 spiro atoms. The highest BCUT2D eigenvalue weighted by atomic mass is 127. The van der Waals surface area contributed by atoms with Gasteiger partial charge in [-0.15, -0.1) is 5.10 Å². The van der Waals surface area contributed by atoms with Gasteiger partial charge in [0.25, 0.3) is 0 Å². The van der Waals surface area contributed by atoms with E-state index in [1.165, 1.54) is 3.57 Å². The lowest BCUT2D eigenvalue weighted by Gasteiger charge is -2.06. The van der Waals surface area contributed by atoms with E-state index in [0.717, 1.165) is 11.3 Å². The summed E-state index contributed by atoms with van der Waals surface area (Å²) < 4.78 is 6.60. The molecule has 17 heavy (non-hydrogen) atoms. The van der Waals surface area contributed by atoms with Crippen LogP contribution in [0.1, 0.15) is 11.5 Å². The molecule has 0 radical (unpaired) electrons. The number of hydrogen-bond donors (Lipinski definition) is 2. The van der Waals surface area contributed by atoms with Crippen molar-refractivity contribution in [3.8, 4) is 0 Å². The van der Waals surface area contributed by atoms with E-state index in [9.17, 15) is 0 Å². The Hall–Kier alpha value is -1.15. The Labute approximate surface area is 113 Å². The molecule has 0 saturated heterocycles. The van der Waals surface area contributed by atoms with E-state index in [0.29, 0.717) is 24.9 Å². The fourth-order valence-electron chi connectivity index (χ4n) is 1.39. The highest BCUT2D eigenvalue weighted by Gasteiger charge is 2.07. The van der Waals surface area contributed by atoms with Crippen LogP contribution >= 0.6 is 22.6 Å². The van der Waals surface area contributed by atoms with Crippen molar-refractivity contribution in [2.45, 2.75) is 13.3 Å². The number of nitrogens with one attached hydrogen (secondary N) is 1. The van der Waals surface area contributed by atoms with Crippen molar-refractivity contribution in [3.05, 3.63) is 33.2 Å². The number of anilines is 2. The topological polar surface area (TPSA) is 77.0 Å². The molecule has 3 N–H and O–H groups in total. The third kappa shape index (κ3) is 2.95. The third-order valence-electron chi connectivity index (χ3n) is 2.33. The van der Waals surface area contributed by atoms with E-state index in [4.69, 9.17) is 10.2 Å². The molecule has 6 heteroatoms. The van der Waals surface area contributed by atoms with Gasteiger partial charge in [-0.3, -0.25) is 0 Å². The van der Waals surface area contributed by atoms with Crippen LogP contribution in [0, 0.1) is 10.5 Å². The normalized spacial score (nSPS) is 10.5. The maximum absolute atomic E-state index is 5.42. The monoisotopic (exact) mass is 344 g/mol. The van der Waals surface area contributed by atoms with Crippen molar-refractivity contribution < 1.29 is 4.42 Å². The van der Waals surface area contributed by atoms with Gasteiger partial charge in [0.2, 0.25) is 5.89 Å². The van der Waals surface area contributed by atoms with Crippen LogP contribution in [0.15, 0.2) is 22.6 Å². The minimum atomic E-state index is 0.401. The van der Waals surface area contributed by atoms with Gasteiger partial charge in [-0.05, 0) is 47.2 Å². The van der Waals surface area contributed by atoms with Gasteiger partial charge in [-0.1, -0.05) is 11.2 Å². The fraction of sp³-hybridized carbons (Fsp3) is 0.273. The van der Waals surface area contributed by atoms with E-state index >= 15 is 0 Å². The molecule has 90 valence electrons. The molecule has 1 aromatic heterocycles. The molecule has 5 nitrogen and oxygen atoms in total. The predicted molar refractivity (Wildman–Crippen MR) is 74.2 cm³/mol. The summed E-state index contributed by atoms with van der Waals surface area (Å²) in [6.07, 6.45) is 0.597. The van der Waals surface area contributed by atoms with Gasteiger partial charge in [0.1, 0.15) is 0 Å². The summed E-state index contributed by atoms with van der Waals surface area (Å²) in [4.78, 5) is 0. The molecule has 0 saturated carbocycles. The van der Waals surface area contributed by atoms with Crippen LogP contribution in [0.3, 0.4) is 0 Å². The first-order valence-corrected chi connectivity index (χ1v) is 6.33. The number of nitrogens with zero attached hydrogens (tertiary/aromatic N) is 2. The number of nitrogens with two attached hydrogens (primary N) is 1. The van der Waals surface area contributed by atoms with Crippen LogP contribution in [-0.4, -0.2) is 16.7 Å². The highest BCUT2D eigenvalue weighted by Crippen LogP contribution is 2.23. The van der Waals surface area contributed by atoms with Crippen LogP contribution in [-0.2, 0) is 6.42 Å². The van der Waals surface area contributed by atoms with Crippen LogP contribution in [0.25, 0.3) is 0 Å². The molecular weight excluding hydrogens is 331 g/mol. The SMILES string of the molecule is Cc1c(I)cccc1Nc1nnc(CCN)o1. The molecule has 0 aliphatic carbocycles. The first kappa shape index (κ1) is 12.3. The van der Waals surface area contributed by atoms with E-state index in [2.05, 4.69) is 44.2 Å². The number of hydrogen-bond acceptors (Lipinski definition) is 5. The maximum Gasteiger partial charge on any atom is 0.320 e. The van der Waals surface area contributed by atoms with Gasteiger partial charge in [0, 0.05) is 22.2 Å². The molecule has 0 aliphatic heterocycles. The zero-order valence-corrected chi connectivity index (χ0v) is 11.6. The van der Waals surface area contributed by atoms with Crippen molar-refractivity contribution in [2.24, 2.45) is 5.73 Å². The summed E-state index contributed by atoms with van der Waals surface area (Å²) in [6, 6.07) is 6.41. The second-order valence-corrected chi connectivity index (χ2v) is 4.74. The molecule has 1 heterocycles. The molecule has 0 unspecified atom stereocenters. The van der Waals surface area contributed by atoms with Gasteiger partial charge in [-0.2, -0.15) is 0 Å². The molecule has 1 aromatic carbocycles. The smallest absolute Gasteiger partial charge is 0.320 e. The first-order valence-electron chi connectivity index (χ1n) is 5.25. The standard InChI is InChI=1S/C11H13IN4O/c1-7-8(12)3-2-4-9(7)14-11-16-15-10(17-11)5-6-13/h2-4H,5-6,13H2,1H3,(H,14,16). The van der Waals surface area contributed by atoms with Gasteiger partial charge in [0.15, 0.2) is 0 Å². The second kappa shape index (κ2) is 5.46. The van der Waals surface area contributed by atoms with Gasteiger partial charge >= 0.3 is 6.01 Å². The lowest BCUT2D eigenvalue weighted by molar-refractivity contribution is 0.510. The number of halogens is 1. The van der Waals surface area contributed by atoms with Crippen LogP contribution in [0.4, 0.5) is 11.7 Å². The zero-order chi connectivity index (χ0) is 12.3. The summed E-state index contributed by atoms with van der Waals surface area (Å²) in [7, 11) is 0. The van der Waals surface area contributed by atoms with Gasteiger partial charge < -0.3 is 15.5 Å². The maximum atomic E-state index is 5.42. The Morgan fingerprint density at radius 3 is 3.00 bits per heavy atom. The minimum Gasteiger partial charge on any atom is -0.408 e. The fourth-order valence-corrected chi connectivity index (χ4v) is 1.88. The second-order valence-electron chi connectivity index (χ2n) is 3.58. The van der Waals surface area contributed by atoms with Crippen molar-refractivity contribution in [2.75, 3.05) is 11.9 Å². The Balaban J connectivity index is 2.16. The molecule has 0 bridgehead atoms. The average molecular weight is 344 g/mol. The number of aromatic nitrogens is 2. The lowest BCUT2D eigenvalue weighted by atomic mass is 10.2. The predicted octanol–water partition coefficient (Wildman–Crippen LogP) is 2.23. The Kier molecular flexibility index (Phi) is 3.95. The Bertz CT molecular complexity index is 512. The van der Waals surface area contributed by atoms with Crippen LogP contribution in [0.5, 0.6) is 0 Å². The van der Waals surface area contributed by atoms with Crippen molar-refractivity contribution in [3.63, 3.8) is 0 Å². The number of benzene rings is 1. The molecule has 0 atom stereocenters. The molecule has 0 aliphatic rings. The van der Waals surface area contributed by atoms with Crippen molar-refractivity contribution in [1.29, 1.82) is 0 Å². The molecular formula is C11H13IN4O. The summed E-state index contributed by atoms with van der Waals surface area (Å²) >= 11 is 2.29. The largest absolute Gasteiger partial charge is 0.408 e. The van der Waals surface area contributed by atoms with E-state index in [1.54, 1.807) is 0 Å². The average Bonchev–Trinajstić information content (AvgIpc) is 2.73. The van der Waals surface area contributed by atoms with Crippen molar-refractivity contribution in [1.82, 2.24) is 10.2 Å². The van der Waals surface area contributed by atoms with Gasteiger partial charge in [0.05, 0.1) is 0 Å². The minimum absolute atomic E-state index is 0.401.